The number of carbonyl (C=O) groups excluding carboxylic acids is 1. The smallest absolute Gasteiger partial charge is 0.491 e. The molecule has 1 aromatic carbocycles. The highest BCUT2D eigenvalue weighted by molar-refractivity contribution is 6.60. The Kier molecular flexibility index (Phi) is 8.06. The van der Waals surface area contributed by atoms with Gasteiger partial charge in [0.05, 0.1) is 17.8 Å². The normalized spacial score (nSPS) is 16.2. The van der Waals surface area contributed by atoms with Crippen molar-refractivity contribution in [2.75, 3.05) is 19.7 Å². The van der Waals surface area contributed by atoms with Gasteiger partial charge in [0.1, 0.15) is 11.4 Å². The van der Waals surface area contributed by atoms with Crippen molar-refractivity contribution >= 4 is 18.7 Å². The predicted octanol–water partition coefficient (Wildman–Crippen LogP) is 2.97. The average Bonchev–Trinajstić information content (AvgIpc) is 2.64. The first-order valence-electron chi connectivity index (χ1n) is 11.0. The molecular weight excluding hydrogens is 397 g/mol. The van der Waals surface area contributed by atoms with Crippen molar-refractivity contribution in [2.45, 2.75) is 78.1 Å². The van der Waals surface area contributed by atoms with Crippen LogP contribution in [0.15, 0.2) is 24.3 Å². The van der Waals surface area contributed by atoms with Crippen LogP contribution in [0.2, 0.25) is 0 Å². The molecule has 0 saturated carbocycles. The molecule has 1 heterocycles. The Morgan fingerprint density at radius 1 is 1.13 bits per heavy atom. The zero-order valence-corrected chi connectivity index (χ0v) is 20.0. The molecular formula is C23H38BNO6. The number of hydrogen-bond acceptors (Lipinski definition) is 6. The molecule has 0 bridgehead atoms. The van der Waals surface area contributed by atoms with Crippen LogP contribution in [0.3, 0.4) is 0 Å². The summed E-state index contributed by atoms with van der Waals surface area (Å²) in [4.78, 5) is 13.9. The zero-order chi connectivity index (χ0) is 23.4. The Labute approximate surface area is 186 Å². The molecule has 8 heteroatoms. The number of piperidine rings is 1. The summed E-state index contributed by atoms with van der Waals surface area (Å²) in [6.07, 6.45) is 1.44. The van der Waals surface area contributed by atoms with Gasteiger partial charge in [-0.05, 0) is 84.8 Å². The Morgan fingerprint density at radius 3 is 2.29 bits per heavy atom. The number of nitrogens with zero attached hydrogens (tertiary/aromatic N) is 1. The van der Waals surface area contributed by atoms with Crippen molar-refractivity contribution in [1.82, 2.24) is 4.90 Å². The Balaban J connectivity index is 1.86. The summed E-state index contributed by atoms with van der Waals surface area (Å²) in [5, 5.41) is 20.7. The van der Waals surface area contributed by atoms with Gasteiger partial charge in [-0.25, -0.2) is 4.79 Å². The third-order valence-corrected chi connectivity index (χ3v) is 5.77. The summed E-state index contributed by atoms with van der Waals surface area (Å²) in [7, 11) is -1.18. The quantitative estimate of drug-likeness (QED) is 0.641. The zero-order valence-electron chi connectivity index (χ0n) is 20.0. The van der Waals surface area contributed by atoms with Crippen LogP contribution >= 0.6 is 0 Å². The van der Waals surface area contributed by atoms with Gasteiger partial charge in [0.2, 0.25) is 0 Å². The van der Waals surface area contributed by atoms with E-state index in [1.807, 2.05) is 26.8 Å². The molecule has 2 N–H and O–H groups in total. The third kappa shape index (κ3) is 7.70. The number of amides is 1. The minimum Gasteiger partial charge on any atom is -0.493 e. The summed E-state index contributed by atoms with van der Waals surface area (Å²) in [5.41, 5.74) is -1.98. The molecule has 0 spiro atoms. The van der Waals surface area contributed by atoms with Gasteiger partial charge in [0.15, 0.2) is 0 Å². The van der Waals surface area contributed by atoms with Gasteiger partial charge in [0.25, 0.3) is 0 Å². The van der Waals surface area contributed by atoms with Gasteiger partial charge in [-0.2, -0.15) is 0 Å². The first-order chi connectivity index (χ1) is 14.2. The van der Waals surface area contributed by atoms with Crippen LogP contribution in [-0.4, -0.2) is 64.7 Å². The lowest BCUT2D eigenvalue weighted by atomic mass is 9.76. The molecule has 31 heavy (non-hydrogen) atoms. The summed E-state index contributed by atoms with van der Waals surface area (Å²) in [6, 6.07) is 7.16. The standard InChI is InChI=1S/C23H38BNO6/c1-21(2,3)30-20(26)25-13-11-17(12-14-25)16-29-19-10-8-9-18(15-19)24(28)31-23(6,7)22(4,5)27/h8-10,15,17,27-28H,11-14,16H2,1-7H3. The SMILES string of the molecule is CC(C)(C)OC(=O)N1CCC(COc2cccc(B(O)OC(C)(C)C(C)(C)O)c2)CC1. The van der Waals surface area contributed by atoms with E-state index in [-0.39, 0.29) is 6.09 Å². The second kappa shape index (κ2) is 9.80. The molecule has 0 unspecified atom stereocenters. The maximum Gasteiger partial charge on any atom is 0.491 e. The Hall–Kier alpha value is -1.77. The number of aliphatic hydroxyl groups is 1. The van der Waals surface area contributed by atoms with Crippen molar-refractivity contribution in [2.24, 2.45) is 5.92 Å². The first-order valence-corrected chi connectivity index (χ1v) is 11.0. The fourth-order valence-electron chi connectivity index (χ4n) is 3.07. The van der Waals surface area contributed by atoms with Crippen LogP contribution < -0.4 is 10.2 Å². The van der Waals surface area contributed by atoms with E-state index in [2.05, 4.69) is 0 Å². The Morgan fingerprint density at radius 2 is 1.74 bits per heavy atom. The molecule has 1 aromatic rings. The van der Waals surface area contributed by atoms with Crippen LogP contribution in [0.5, 0.6) is 5.75 Å². The number of hydrogen-bond donors (Lipinski definition) is 2. The largest absolute Gasteiger partial charge is 0.493 e. The summed E-state index contributed by atoms with van der Waals surface area (Å²) in [6.45, 7) is 14.2. The van der Waals surface area contributed by atoms with E-state index < -0.39 is 23.9 Å². The van der Waals surface area contributed by atoms with E-state index in [4.69, 9.17) is 14.1 Å². The van der Waals surface area contributed by atoms with E-state index in [0.29, 0.717) is 36.8 Å². The van der Waals surface area contributed by atoms with Crippen LogP contribution in [0.25, 0.3) is 0 Å². The fraction of sp³-hybridized carbons (Fsp3) is 0.696. The molecule has 2 rings (SSSR count). The van der Waals surface area contributed by atoms with Gasteiger partial charge in [-0.1, -0.05) is 12.1 Å². The number of ether oxygens (including phenoxy) is 2. The summed E-state index contributed by atoms with van der Waals surface area (Å²) in [5.74, 6) is 0.994. The molecule has 0 aromatic heterocycles. The van der Waals surface area contributed by atoms with Crippen LogP contribution in [-0.2, 0) is 9.39 Å². The van der Waals surface area contributed by atoms with Crippen molar-refractivity contribution < 1.29 is 29.1 Å². The monoisotopic (exact) mass is 435 g/mol. The van der Waals surface area contributed by atoms with Gasteiger partial charge in [0, 0.05) is 13.1 Å². The third-order valence-electron chi connectivity index (χ3n) is 5.77. The second-order valence-electron chi connectivity index (χ2n) is 10.3. The van der Waals surface area contributed by atoms with Crippen molar-refractivity contribution in [3.63, 3.8) is 0 Å². The molecule has 0 radical (unpaired) electrons. The summed E-state index contributed by atoms with van der Waals surface area (Å²) < 4.78 is 17.1. The lowest BCUT2D eigenvalue weighted by Crippen LogP contribution is -2.53. The molecule has 0 atom stereocenters. The number of likely N-dealkylation sites (tertiary alicyclic amines) is 1. The van der Waals surface area contributed by atoms with Crippen LogP contribution in [0, 0.1) is 5.92 Å². The van der Waals surface area contributed by atoms with Gasteiger partial charge in [-0.3, -0.25) is 0 Å². The number of benzene rings is 1. The lowest BCUT2D eigenvalue weighted by Gasteiger charge is -2.38. The fourth-order valence-corrected chi connectivity index (χ4v) is 3.07. The molecule has 0 aliphatic carbocycles. The average molecular weight is 435 g/mol. The summed E-state index contributed by atoms with van der Waals surface area (Å²) >= 11 is 0. The van der Waals surface area contributed by atoms with Crippen molar-refractivity contribution in [3.8, 4) is 5.75 Å². The van der Waals surface area contributed by atoms with Crippen LogP contribution in [0.1, 0.15) is 61.3 Å². The highest BCUT2D eigenvalue weighted by atomic mass is 16.6. The van der Waals surface area contributed by atoms with E-state index in [1.54, 1.807) is 50.8 Å². The number of rotatable bonds is 7. The van der Waals surface area contributed by atoms with E-state index >= 15 is 0 Å². The minimum atomic E-state index is -1.18. The van der Waals surface area contributed by atoms with Crippen molar-refractivity contribution in [1.29, 1.82) is 0 Å². The highest BCUT2D eigenvalue weighted by Gasteiger charge is 2.39. The minimum absolute atomic E-state index is 0.262. The second-order valence-corrected chi connectivity index (χ2v) is 10.3. The van der Waals surface area contributed by atoms with Gasteiger partial charge >= 0.3 is 13.2 Å². The predicted molar refractivity (Wildman–Crippen MR) is 122 cm³/mol. The molecule has 1 fully saturated rings. The Bertz CT molecular complexity index is 732. The first kappa shape index (κ1) is 25.5. The van der Waals surface area contributed by atoms with Crippen LogP contribution in [0.4, 0.5) is 4.79 Å². The lowest BCUT2D eigenvalue weighted by molar-refractivity contribution is -0.0982. The van der Waals surface area contributed by atoms with E-state index in [0.717, 1.165) is 12.8 Å². The van der Waals surface area contributed by atoms with E-state index in [9.17, 15) is 14.9 Å². The maximum atomic E-state index is 12.2. The molecule has 7 nitrogen and oxygen atoms in total. The molecule has 1 amide bonds. The van der Waals surface area contributed by atoms with Crippen molar-refractivity contribution in [3.05, 3.63) is 24.3 Å². The maximum absolute atomic E-state index is 12.2. The van der Waals surface area contributed by atoms with Gasteiger partial charge < -0.3 is 29.2 Å². The topological polar surface area (TPSA) is 88.5 Å². The number of carbonyl (C=O) groups is 1. The highest BCUT2D eigenvalue weighted by Crippen LogP contribution is 2.26. The molecule has 1 aliphatic heterocycles. The molecule has 1 saturated heterocycles. The molecule has 174 valence electrons. The van der Waals surface area contributed by atoms with Gasteiger partial charge in [-0.15, -0.1) is 0 Å². The van der Waals surface area contributed by atoms with E-state index in [1.165, 1.54) is 0 Å². The molecule has 1 aliphatic rings.